The SMILES string of the molecule is CCCCCCCCCCCCCCOCCCNC(=O)NCCc1ccc(O)cc1. The Morgan fingerprint density at radius 3 is 1.87 bits per heavy atom. The quantitative estimate of drug-likeness (QED) is 0.210. The van der Waals surface area contributed by atoms with E-state index in [2.05, 4.69) is 17.6 Å². The molecule has 5 nitrogen and oxygen atoms in total. The molecule has 0 saturated heterocycles. The van der Waals surface area contributed by atoms with Crippen LogP contribution in [0.25, 0.3) is 0 Å². The Morgan fingerprint density at radius 1 is 0.742 bits per heavy atom. The van der Waals surface area contributed by atoms with Gasteiger partial charge in [0.2, 0.25) is 0 Å². The summed E-state index contributed by atoms with van der Waals surface area (Å²) in [5, 5.41) is 15.0. The number of hydrogen-bond donors (Lipinski definition) is 3. The lowest BCUT2D eigenvalue weighted by atomic mass is 10.1. The number of phenols is 1. The van der Waals surface area contributed by atoms with Gasteiger partial charge in [-0.05, 0) is 37.0 Å². The molecule has 31 heavy (non-hydrogen) atoms. The van der Waals surface area contributed by atoms with Crippen molar-refractivity contribution in [1.82, 2.24) is 10.6 Å². The van der Waals surface area contributed by atoms with E-state index in [-0.39, 0.29) is 11.8 Å². The number of carbonyl (C=O) groups excluding carboxylic acids is 1. The molecule has 2 amide bonds. The summed E-state index contributed by atoms with van der Waals surface area (Å²) in [6.45, 7) is 5.01. The van der Waals surface area contributed by atoms with Crippen molar-refractivity contribution in [2.75, 3.05) is 26.3 Å². The van der Waals surface area contributed by atoms with E-state index in [1.54, 1.807) is 12.1 Å². The second-order valence-corrected chi connectivity index (χ2v) is 8.45. The number of benzene rings is 1. The molecule has 0 aliphatic rings. The summed E-state index contributed by atoms with van der Waals surface area (Å²) < 4.78 is 5.66. The Labute approximate surface area is 190 Å². The number of unbranched alkanes of at least 4 members (excludes halogenated alkanes) is 11. The van der Waals surface area contributed by atoms with E-state index >= 15 is 0 Å². The average Bonchev–Trinajstić information content (AvgIpc) is 2.77. The highest BCUT2D eigenvalue weighted by Gasteiger charge is 2.00. The van der Waals surface area contributed by atoms with Gasteiger partial charge < -0.3 is 20.5 Å². The molecule has 0 fully saturated rings. The van der Waals surface area contributed by atoms with Crippen molar-refractivity contribution in [3.8, 4) is 5.75 Å². The minimum Gasteiger partial charge on any atom is -0.508 e. The van der Waals surface area contributed by atoms with Crippen molar-refractivity contribution < 1.29 is 14.6 Å². The minimum absolute atomic E-state index is 0.139. The lowest BCUT2D eigenvalue weighted by Gasteiger charge is -2.08. The number of amides is 2. The Morgan fingerprint density at radius 2 is 1.26 bits per heavy atom. The zero-order chi connectivity index (χ0) is 22.4. The molecule has 1 aromatic rings. The summed E-state index contributed by atoms with van der Waals surface area (Å²) in [5.41, 5.74) is 1.09. The van der Waals surface area contributed by atoms with Crippen LogP contribution in [-0.2, 0) is 11.2 Å². The molecule has 0 unspecified atom stereocenters. The van der Waals surface area contributed by atoms with Gasteiger partial charge in [-0.3, -0.25) is 0 Å². The fraction of sp³-hybridized carbons (Fsp3) is 0.731. The lowest BCUT2D eigenvalue weighted by Crippen LogP contribution is -2.37. The molecular weight excluding hydrogens is 388 g/mol. The van der Waals surface area contributed by atoms with Crippen molar-refractivity contribution in [3.63, 3.8) is 0 Å². The van der Waals surface area contributed by atoms with Gasteiger partial charge in [0.05, 0.1) is 0 Å². The van der Waals surface area contributed by atoms with Crippen LogP contribution in [0, 0.1) is 0 Å². The Hall–Kier alpha value is -1.75. The molecule has 178 valence electrons. The van der Waals surface area contributed by atoms with Gasteiger partial charge in [-0.2, -0.15) is 0 Å². The molecule has 1 rings (SSSR count). The summed E-state index contributed by atoms with van der Waals surface area (Å²) in [7, 11) is 0. The summed E-state index contributed by atoms with van der Waals surface area (Å²) in [5.74, 6) is 0.260. The monoisotopic (exact) mass is 434 g/mol. The van der Waals surface area contributed by atoms with Crippen LogP contribution in [0.2, 0.25) is 0 Å². The van der Waals surface area contributed by atoms with Crippen LogP contribution in [-0.4, -0.2) is 37.4 Å². The maximum Gasteiger partial charge on any atom is 0.314 e. The molecule has 0 radical (unpaired) electrons. The molecule has 0 aliphatic carbocycles. The van der Waals surface area contributed by atoms with E-state index in [1.807, 2.05) is 12.1 Å². The number of phenolic OH excluding ortho intramolecular Hbond substituents is 1. The van der Waals surface area contributed by atoms with Gasteiger partial charge in [-0.1, -0.05) is 89.7 Å². The second kappa shape index (κ2) is 20.2. The Kier molecular flexibility index (Phi) is 17.8. The van der Waals surface area contributed by atoms with E-state index < -0.39 is 0 Å². The molecule has 0 saturated carbocycles. The maximum atomic E-state index is 11.7. The first-order valence-electron chi connectivity index (χ1n) is 12.6. The first-order chi connectivity index (χ1) is 15.2. The van der Waals surface area contributed by atoms with E-state index in [9.17, 15) is 9.90 Å². The molecule has 0 aliphatic heterocycles. The minimum atomic E-state index is -0.139. The maximum absolute atomic E-state index is 11.7. The van der Waals surface area contributed by atoms with Crippen molar-refractivity contribution in [3.05, 3.63) is 29.8 Å². The normalized spacial score (nSPS) is 10.9. The van der Waals surface area contributed by atoms with Crippen LogP contribution in [0.3, 0.4) is 0 Å². The van der Waals surface area contributed by atoms with Gasteiger partial charge >= 0.3 is 6.03 Å². The van der Waals surface area contributed by atoms with Gasteiger partial charge in [0.1, 0.15) is 5.75 Å². The third kappa shape index (κ3) is 17.6. The van der Waals surface area contributed by atoms with Crippen LogP contribution < -0.4 is 10.6 Å². The molecule has 0 aromatic heterocycles. The molecular formula is C26H46N2O3. The number of ether oxygens (including phenoxy) is 1. The first kappa shape index (κ1) is 27.3. The summed E-state index contributed by atoms with van der Waals surface area (Å²) in [6, 6.07) is 6.91. The molecule has 5 heteroatoms. The van der Waals surface area contributed by atoms with Crippen LogP contribution in [0.4, 0.5) is 4.79 Å². The van der Waals surface area contributed by atoms with Crippen molar-refractivity contribution in [2.45, 2.75) is 96.8 Å². The highest BCUT2D eigenvalue weighted by atomic mass is 16.5. The molecule has 0 spiro atoms. The summed E-state index contributed by atoms with van der Waals surface area (Å²) >= 11 is 0. The topological polar surface area (TPSA) is 70.6 Å². The van der Waals surface area contributed by atoms with Gasteiger partial charge in [-0.25, -0.2) is 4.79 Å². The highest BCUT2D eigenvalue weighted by Crippen LogP contribution is 2.12. The highest BCUT2D eigenvalue weighted by molar-refractivity contribution is 5.73. The van der Waals surface area contributed by atoms with Crippen LogP contribution >= 0.6 is 0 Å². The van der Waals surface area contributed by atoms with E-state index in [4.69, 9.17) is 4.74 Å². The van der Waals surface area contributed by atoms with Gasteiger partial charge in [-0.15, -0.1) is 0 Å². The Bertz CT molecular complexity index is 534. The lowest BCUT2D eigenvalue weighted by molar-refractivity contribution is 0.127. The van der Waals surface area contributed by atoms with Crippen LogP contribution in [0.1, 0.15) is 96.0 Å². The second-order valence-electron chi connectivity index (χ2n) is 8.45. The third-order valence-electron chi connectivity index (χ3n) is 5.53. The number of rotatable bonds is 20. The van der Waals surface area contributed by atoms with Crippen molar-refractivity contribution >= 4 is 6.03 Å². The number of urea groups is 1. The van der Waals surface area contributed by atoms with Crippen LogP contribution in [0.5, 0.6) is 5.75 Å². The summed E-state index contributed by atoms with van der Waals surface area (Å²) in [4.78, 5) is 11.7. The standard InChI is InChI=1S/C26H46N2O3/c1-2-3-4-5-6-7-8-9-10-11-12-13-22-31-23-14-20-27-26(30)28-21-19-24-15-17-25(29)18-16-24/h15-18,29H,2-14,19-23H2,1H3,(H2,27,28,30). The number of nitrogens with one attached hydrogen (secondary N) is 2. The first-order valence-corrected chi connectivity index (χ1v) is 12.6. The van der Waals surface area contributed by atoms with E-state index in [1.165, 1.54) is 70.6 Å². The Balaban J connectivity index is 1.76. The molecule has 0 bridgehead atoms. The zero-order valence-electron chi connectivity index (χ0n) is 19.8. The number of hydrogen-bond acceptors (Lipinski definition) is 3. The van der Waals surface area contributed by atoms with E-state index in [0.29, 0.717) is 19.7 Å². The fourth-order valence-corrected chi connectivity index (χ4v) is 3.57. The van der Waals surface area contributed by atoms with Gasteiger partial charge in [0, 0.05) is 26.3 Å². The van der Waals surface area contributed by atoms with Gasteiger partial charge in [0.25, 0.3) is 0 Å². The van der Waals surface area contributed by atoms with Crippen LogP contribution in [0.15, 0.2) is 24.3 Å². The zero-order valence-corrected chi connectivity index (χ0v) is 19.8. The third-order valence-corrected chi connectivity index (χ3v) is 5.53. The molecule has 0 atom stereocenters. The van der Waals surface area contributed by atoms with E-state index in [0.717, 1.165) is 31.4 Å². The predicted octanol–water partition coefficient (Wildman–Crippen LogP) is 6.34. The average molecular weight is 435 g/mol. The van der Waals surface area contributed by atoms with Gasteiger partial charge in [0.15, 0.2) is 0 Å². The largest absolute Gasteiger partial charge is 0.508 e. The molecule has 0 heterocycles. The predicted molar refractivity (Wildman–Crippen MR) is 130 cm³/mol. The molecule has 3 N–H and O–H groups in total. The number of carbonyl (C=O) groups is 1. The molecule has 1 aromatic carbocycles. The number of aromatic hydroxyl groups is 1. The fourth-order valence-electron chi connectivity index (χ4n) is 3.57. The smallest absolute Gasteiger partial charge is 0.314 e. The van der Waals surface area contributed by atoms with Crippen molar-refractivity contribution in [2.24, 2.45) is 0 Å². The summed E-state index contributed by atoms with van der Waals surface area (Å²) in [6.07, 6.45) is 17.9. The van der Waals surface area contributed by atoms with Crippen molar-refractivity contribution in [1.29, 1.82) is 0 Å².